The maximum absolute atomic E-state index is 9.73. The van der Waals surface area contributed by atoms with Gasteiger partial charge in [0.15, 0.2) is 8.32 Å². The molecule has 5 heteroatoms. The van der Waals surface area contributed by atoms with E-state index < -0.39 is 20.5 Å². The number of aliphatic hydroxyl groups is 3. The molecule has 0 saturated heterocycles. The molecular formula is C13H28O4Si. The van der Waals surface area contributed by atoms with Crippen LogP contribution in [0.25, 0.3) is 0 Å². The largest absolute Gasteiger partial charge is 0.414 e. The molecule has 0 unspecified atom stereocenters. The zero-order valence-electron chi connectivity index (χ0n) is 12.2. The average molecular weight is 276 g/mol. The van der Waals surface area contributed by atoms with Crippen molar-refractivity contribution in [3.8, 4) is 0 Å². The van der Waals surface area contributed by atoms with Crippen LogP contribution in [0.1, 0.15) is 27.2 Å². The summed E-state index contributed by atoms with van der Waals surface area (Å²) < 4.78 is 5.87. The molecule has 3 N–H and O–H groups in total. The Bertz CT molecular complexity index is 258. The molecule has 18 heavy (non-hydrogen) atoms. The van der Waals surface area contributed by atoms with Gasteiger partial charge in [-0.15, -0.1) is 0 Å². The van der Waals surface area contributed by atoms with Gasteiger partial charge in [-0.25, -0.2) is 0 Å². The lowest BCUT2D eigenvalue weighted by Gasteiger charge is -2.36. The molecule has 0 fully saturated rings. The van der Waals surface area contributed by atoms with E-state index in [0.29, 0.717) is 6.42 Å². The second-order valence-electron chi connectivity index (χ2n) is 6.14. The summed E-state index contributed by atoms with van der Waals surface area (Å²) in [4.78, 5) is 0. The van der Waals surface area contributed by atoms with Gasteiger partial charge in [-0.2, -0.15) is 0 Å². The lowest BCUT2D eigenvalue weighted by molar-refractivity contribution is 0.0967. The van der Waals surface area contributed by atoms with Gasteiger partial charge in [0.1, 0.15) is 0 Å². The Kier molecular flexibility index (Phi) is 7.32. The first-order valence-corrected chi connectivity index (χ1v) is 9.28. The van der Waals surface area contributed by atoms with Crippen LogP contribution in [0.3, 0.4) is 0 Å². The second kappa shape index (κ2) is 7.40. The molecule has 0 amide bonds. The van der Waals surface area contributed by atoms with Gasteiger partial charge in [-0.05, 0) is 24.6 Å². The fourth-order valence-corrected chi connectivity index (χ4v) is 2.05. The van der Waals surface area contributed by atoms with E-state index in [9.17, 15) is 5.11 Å². The highest BCUT2D eigenvalue weighted by molar-refractivity contribution is 6.74. The summed E-state index contributed by atoms with van der Waals surface area (Å²) in [7, 11) is -1.82. The number of rotatable bonds is 7. The van der Waals surface area contributed by atoms with Gasteiger partial charge in [0, 0.05) is 0 Å². The van der Waals surface area contributed by atoms with Crippen LogP contribution in [0.4, 0.5) is 0 Å². The van der Waals surface area contributed by atoms with E-state index in [0.717, 1.165) is 0 Å². The number of aliphatic hydroxyl groups excluding tert-OH is 3. The molecule has 108 valence electrons. The topological polar surface area (TPSA) is 69.9 Å². The van der Waals surface area contributed by atoms with E-state index in [-0.39, 0.29) is 18.3 Å². The molecule has 0 aromatic carbocycles. The predicted octanol–water partition coefficient (Wildman–Crippen LogP) is 1.67. The summed E-state index contributed by atoms with van der Waals surface area (Å²) in [6, 6.07) is 0. The second-order valence-corrected chi connectivity index (χ2v) is 10.9. The van der Waals surface area contributed by atoms with E-state index >= 15 is 0 Å². The van der Waals surface area contributed by atoms with Crippen LogP contribution in [0.5, 0.6) is 0 Å². The maximum Gasteiger partial charge on any atom is 0.192 e. The summed E-state index contributed by atoms with van der Waals surface area (Å²) in [5.74, 6) is 0. The maximum atomic E-state index is 9.73. The third-order valence-electron chi connectivity index (χ3n) is 3.40. The Morgan fingerprint density at radius 1 is 1.22 bits per heavy atom. The Morgan fingerprint density at radius 3 is 2.22 bits per heavy atom. The minimum atomic E-state index is -1.82. The van der Waals surface area contributed by atoms with Crippen molar-refractivity contribution in [1.29, 1.82) is 0 Å². The third kappa shape index (κ3) is 6.66. The minimum Gasteiger partial charge on any atom is -0.414 e. The van der Waals surface area contributed by atoms with Crippen molar-refractivity contribution in [2.45, 2.75) is 57.5 Å². The van der Waals surface area contributed by atoms with Gasteiger partial charge in [0.2, 0.25) is 0 Å². The highest BCUT2D eigenvalue weighted by Gasteiger charge is 2.37. The highest BCUT2D eigenvalue weighted by atomic mass is 28.4. The number of hydrogen-bond donors (Lipinski definition) is 3. The molecule has 0 aliphatic heterocycles. The van der Waals surface area contributed by atoms with Gasteiger partial charge < -0.3 is 19.7 Å². The lowest BCUT2D eigenvalue weighted by Crippen LogP contribution is -2.42. The van der Waals surface area contributed by atoms with E-state index in [1.807, 2.05) is 0 Å². The molecule has 0 radical (unpaired) electrons. The summed E-state index contributed by atoms with van der Waals surface area (Å²) in [6.07, 6.45) is 2.19. The molecule has 0 aromatic rings. The third-order valence-corrected chi connectivity index (χ3v) is 7.90. The van der Waals surface area contributed by atoms with E-state index in [1.165, 1.54) is 0 Å². The van der Waals surface area contributed by atoms with Crippen LogP contribution in [0, 0.1) is 0 Å². The van der Waals surface area contributed by atoms with Crippen LogP contribution in [0.2, 0.25) is 18.1 Å². The summed E-state index contributed by atoms with van der Waals surface area (Å²) >= 11 is 0. The van der Waals surface area contributed by atoms with Crippen molar-refractivity contribution in [1.82, 2.24) is 0 Å². The Labute approximate surface area is 111 Å². The van der Waals surface area contributed by atoms with Crippen molar-refractivity contribution in [3.63, 3.8) is 0 Å². The standard InChI is InChI=1S/C13H28O4Si/c1-13(2,3)18(4,5)17-10-12(16)8-6-7-11(15)9-14/h6,8,11-12,14-16H,7,9-10H2,1-5H3/b8-6-/t11-,12-/m0/s1. The summed E-state index contributed by atoms with van der Waals surface area (Å²) in [5.41, 5.74) is 0. The van der Waals surface area contributed by atoms with Crippen LogP contribution in [0.15, 0.2) is 12.2 Å². The number of hydrogen-bond acceptors (Lipinski definition) is 4. The van der Waals surface area contributed by atoms with Crippen LogP contribution >= 0.6 is 0 Å². The van der Waals surface area contributed by atoms with Gasteiger partial charge in [-0.3, -0.25) is 0 Å². The van der Waals surface area contributed by atoms with Crippen molar-refractivity contribution in [3.05, 3.63) is 12.2 Å². The molecule has 0 spiro atoms. The fourth-order valence-electron chi connectivity index (χ4n) is 1.03. The van der Waals surface area contributed by atoms with Crippen molar-refractivity contribution < 1.29 is 19.7 Å². The molecule has 0 bridgehead atoms. The smallest absolute Gasteiger partial charge is 0.192 e. The molecule has 4 nitrogen and oxygen atoms in total. The zero-order chi connectivity index (χ0) is 14.4. The van der Waals surface area contributed by atoms with Crippen molar-refractivity contribution in [2.24, 2.45) is 0 Å². The van der Waals surface area contributed by atoms with Gasteiger partial charge in [0.05, 0.1) is 25.4 Å². The molecule has 0 saturated carbocycles. The quantitative estimate of drug-likeness (QED) is 0.489. The fraction of sp³-hybridized carbons (Fsp3) is 0.846. The van der Waals surface area contributed by atoms with Gasteiger partial charge in [0.25, 0.3) is 0 Å². The van der Waals surface area contributed by atoms with Crippen molar-refractivity contribution in [2.75, 3.05) is 13.2 Å². The average Bonchev–Trinajstić information content (AvgIpc) is 2.24. The van der Waals surface area contributed by atoms with Crippen molar-refractivity contribution >= 4 is 8.32 Å². The monoisotopic (exact) mass is 276 g/mol. The summed E-state index contributed by atoms with van der Waals surface area (Å²) in [6.45, 7) is 10.7. The Balaban J connectivity index is 4.08. The molecule has 0 aliphatic rings. The van der Waals surface area contributed by atoms with E-state index in [1.54, 1.807) is 12.2 Å². The van der Waals surface area contributed by atoms with E-state index in [4.69, 9.17) is 14.6 Å². The predicted molar refractivity (Wildman–Crippen MR) is 76.0 cm³/mol. The minimum absolute atomic E-state index is 0.128. The van der Waals surface area contributed by atoms with Gasteiger partial charge >= 0.3 is 0 Å². The first-order chi connectivity index (χ1) is 8.10. The first kappa shape index (κ1) is 17.8. The molecule has 0 rings (SSSR count). The summed E-state index contributed by atoms with van der Waals surface area (Å²) in [5, 5.41) is 27.6. The van der Waals surface area contributed by atoms with E-state index in [2.05, 4.69) is 33.9 Å². The molecule has 0 aromatic heterocycles. The Hall–Kier alpha value is -0.203. The Morgan fingerprint density at radius 2 is 1.78 bits per heavy atom. The highest BCUT2D eigenvalue weighted by Crippen LogP contribution is 2.36. The van der Waals surface area contributed by atoms with Crippen LogP contribution in [-0.4, -0.2) is 49.1 Å². The SMILES string of the molecule is CC(C)(C)[Si](C)(C)OC[C@@H](O)/C=C\C[C@H](O)CO. The molecule has 0 aliphatic carbocycles. The normalized spacial score (nSPS) is 17.1. The van der Waals surface area contributed by atoms with Crippen LogP contribution in [-0.2, 0) is 4.43 Å². The molecule has 0 heterocycles. The zero-order valence-corrected chi connectivity index (χ0v) is 13.2. The van der Waals surface area contributed by atoms with Gasteiger partial charge in [-0.1, -0.05) is 32.9 Å². The first-order valence-electron chi connectivity index (χ1n) is 6.38. The lowest BCUT2D eigenvalue weighted by atomic mass is 10.2. The van der Waals surface area contributed by atoms with Crippen LogP contribution < -0.4 is 0 Å². The molecular weight excluding hydrogens is 248 g/mol. The molecule has 2 atom stereocenters.